The maximum atomic E-state index is 10.2. The second kappa shape index (κ2) is 7.58. The minimum Gasteiger partial charge on any atom is -0.396 e. The fourth-order valence-electron chi connectivity index (χ4n) is 0.889. The van der Waals surface area contributed by atoms with Crippen LogP contribution in [-0.2, 0) is 0 Å². The molecule has 0 unspecified atom stereocenters. The maximum Gasteiger partial charge on any atom is 0.330 e. The highest BCUT2D eigenvalue weighted by Crippen LogP contribution is 2.18. The zero-order chi connectivity index (χ0) is 14.2. The lowest BCUT2D eigenvalue weighted by Crippen LogP contribution is -2.34. The van der Waals surface area contributed by atoms with Crippen LogP contribution in [0.3, 0.4) is 0 Å². The normalized spacial score (nSPS) is 10.7. The van der Waals surface area contributed by atoms with E-state index < -0.39 is 22.5 Å². The molecule has 0 amide bonds. The molecule has 9 heteroatoms. The molecule has 0 radical (unpaired) electrons. The van der Waals surface area contributed by atoms with Gasteiger partial charge in [-0.2, -0.15) is 0 Å². The topological polar surface area (TPSA) is 159 Å². The molecule has 0 aliphatic rings. The van der Waals surface area contributed by atoms with Crippen molar-refractivity contribution in [3.8, 4) is 0 Å². The predicted molar refractivity (Wildman–Crippen MR) is 62.3 cm³/mol. The summed E-state index contributed by atoms with van der Waals surface area (Å²) in [6, 6.07) is 0. The first-order valence-electron chi connectivity index (χ1n) is 5.18. The number of rotatable bonds is 4. The van der Waals surface area contributed by atoms with Gasteiger partial charge in [-0.1, -0.05) is 6.92 Å². The lowest BCUT2D eigenvalue weighted by Gasteiger charge is -2.24. The fourth-order valence-corrected chi connectivity index (χ4v) is 0.889. The standard InChI is InChI=1S/C6H14O3.C3H3N3O3/c1-2-6(3-7,4-8)5-9;7-1-4-2(8)6-3(9)5-1/h7-9H,2-5H2,1H3;(H3,4,5,6,7,8,9). The lowest BCUT2D eigenvalue weighted by molar-refractivity contribution is 0.00304. The van der Waals surface area contributed by atoms with Gasteiger partial charge >= 0.3 is 17.1 Å². The summed E-state index contributed by atoms with van der Waals surface area (Å²) in [5.41, 5.74) is -3.07. The highest BCUT2D eigenvalue weighted by Gasteiger charge is 2.24. The zero-order valence-electron chi connectivity index (χ0n) is 9.89. The van der Waals surface area contributed by atoms with E-state index in [9.17, 15) is 14.4 Å². The van der Waals surface area contributed by atoms with Crippen LogP contribution >= 0.6 is 0 Å². The number of aliphatic hydroxyl groups excluding tert-OH is 3. The van der Waals surface area contributed by atoms with Crippen LogP contribution in [0.25, 0.3) is 0 Å². The van der Waals surface area contributed by atoms with E-state index in [1.54, 1.807) is 15.0 Å². The van der Waals surface area contributed by atoms with E-state index in [1.165, 1.54) is 0 Å². The van der Waals surface area contributed by atoms with Gasteiger partial charge in [0, 0.05) is 5.41 Å². The Labute approximate surface area is 101 Å². The van der Waals surface area contributed by atoms with Gasteiger partial charge in [-0.25, -0.2) is 14.4 Å². The van der Waals surface area contributed by atoms with Crippen molar-refractivity contribution in [2.45, 2.75) is 13.3 Å². The Hall–Kier alpha value is -1.71. The summed E-state index contributed by atoms with van der Waals surface area (Å²) in [5, 5.41) is 26.0. The Morgan fingerprint density at radius 1 is 0.833 bits per heavy atom. The highest BCUT2D eigenvalue weighted by atomic mass is 16.3. The van der Waals surface area contributed by atoms with E-state index in [0.29, 0.717) is 6.42 Å². The molecule has 0 saturated carbocycles. The summed E-state index contributed by atoms with van der Waals surface area (Å²) < 4.78 is 0. The second-order valence-electron chi connectivity index (χ2n) is 3.69. The number of aliphatic hydroxyl groups is 3. The minimum atomic E-state index is -0.802. The van der Waals surface area contributed by atoms with Gasteiger partial charge in [0.05, 0.1) is 19.8 Å². The molecule has 0 aliphatic carbocycles. The molecule has 1 aromatic rings. The molecule has 9 nitrogen and oxygen atoms in total. The Bertz CT molecular complexity index is 402. The smallest absolute Gasteiger partial charge is 0.330 e. The number of aromatic amines is 3. The van der Waals surface area contributed by atoms with Crippen LogP contribution in [0.4, 0.5) is 0 Å². The molecule has 0 spiro atoms. The first-order chi connectivity index (χ1) is 8.42. The van der Waals surface area contributed by atoms with Crippen LogP contribution in [0.1, 0.15) is 13.3 Å². The minimum absolute atomic E-state index is 0.156. The quantitative estimate of drug-likeness (QED) is 0.342. The van der Waals surface area contributed by atoms with Crippen LogP contribution in [0.2, 0.25) is 0 Å². The largest absolute Gasteiger partial charge is 0.396 e. The molecular formula is C9H17N3O6. The third kappa shape index (κ3) is 5.08. The molecule has 0 aromatic carbocycles. The van der Waals surface area contributed by atoms with E-state index in [2.05, 4.69) is 0 Å². The average Bonchev–Trinajstić information content (AvgIpc) is 2.32. The molecule has 0 atom stereocenters. The van der Waals surface area contributed by atoms with Gasteiger partial charge in [-0.15, -0.1) is 0 Å². The number of hydrogen-bond acceptors (Lipinski definition) is 6. The van der Waals surface area contributed by atoms with Gasteiger partial charge in [0.25, 0.3) is 0 Å². The van der Waals surface area contributed by atoms with Crippen LogP contribution in [0.15, 0.2) is 14.4 Å². The summed E-state index contributed by atoms with van der Waals surface area (Å²) >= 11 is 0. The lowest BCUT2D eigenvalue weighted by atomic mass is 9.88. The fraction of sp³-hybridized carbons (Fsp3) is 0.667. The molecule has 0 fully saturated rings. The predicted octanol–water partition coefficient (Wildman–Crippen LogP) is -2.89. The van der Waals surface area contributed by atoms with Crippen molar-refractivity contribution in [2.24, 2.45) is 5.41 Å². The highest BCUT2D eigenvalue weighted by molar-refractivity contribution is 4.74. The summed E-state index contributed by atoms with van der Waals surface area (Å²) in [4.78, 5) is 35.9. The van der Waals surface area contributed by atoms with Gasteiger partial charge < -0.3 is 15.3 Å². The van der Waals surface area contributed by atoms with E-state index in [1.807, 2.05) is 6.92 Å². The van der Waals surface area contributed by atoms with Crippen molar-refractivity contribution in [1.29, 1.82) is 0 Å². The number of nitrogens with one attached hydrogen (secondary N) is 3. The molecule has 0 bridgehead atoms. The summed E-state index contributed by atoms with van der Waals surface area (Å²) in [5.74, 6) is 0. The van der Waals surface area contributed by atoms with E-state index >= 15 is 0 Å². The van der Waals surface area contributed by atoms with Gasteiger partial charge in [0.2, 0.25) is 0 Å². The molecule has 104 valence electrons. The monoisotopic (exact) mass is 263 g/mol. The Kier molecular flexibility index (Phi) is 6.86. The van der Waals surface area contributed by atoms with Gasteiger partial charge in [0.15, 0.2) is 0 Å². The molecular weight excluding hydrogens is 246 g/mol. The van der Waals surface area contributed by atoms with Crippen molar-refractivity contribution in [3.05, 3.63) is 31.5 Å². The van der Waals surface area contributed by atoms with Crippen LogP contribution in [0, 0.1) is 5.41 Å². The average molecular weight is 263 g/mol. The third-order valence-corrected chi connectivity index (χ3v) is 2.44. The van der Waals surface area contributed by atoms with Crippen molar-refractivity contribution in [3.63, 3.8) is 0 Å². The van der Waals surface area contributed by atoms with Gasteiger partial charge in [-0.3, -0.25) is 15.0 Å². The van der Waals surface area contributed by atoms with Gasteiger partial charge in [0.1, 0.15) is 0 Å². The maximum absolute atomic E-state index is 10.2. The van der Waals surface area contributed by atoms with Crippen molar-refractivity contribution in [2.75, 3.05) is 19.8 Å². The third-order valence-electron chi connectivity index (χ3n) is 2.44. The second-order valence-corrected chi connectivity index (χ2v) is 3.69. The molecule has 1 heterocycles. The number of H-pyrrole nitrogens is 3. The Morgan fingerprint density at radius 2 is 1.11 bits per heavy atom. The molecule has 0 saturated heterocycles. The Morgan fingerprint density at radius 3 is 1.22 bits per heavy atom. The van der Waals surface area contributed by atoms with E-state index in [0.717, 1.165) is 0 Å². The number of hydrogen-bond donors (Lipinski definition) is 6. The molecule has 0 aliphatic heterocycles. The van der Waals surface area contributed by atoms with Crippen LogP contribution in [-0.4, -0.2) is 50.1 Å². The molecule has 18 heavy (non-hydrogen) atoms. The molecule has 6 N–H and O–H groups in total. The van der Waals surface area contributed by atoms with Crippen LogP contribution < -0.4 is 17.1 Å². The van der Waals surface area contributed by atoms with Crippen molar-refractivity contribution >= 4 is 0 Å². The number of aromatic nitrogens is 3. The Balaban J connectivity index is 0.000000321. The summed E-state index contributed by atoms with van der Waals surface area (Å²) in [6.07, 6.45) is 0.594. The molecule has 1 aromatic heterocycles. The summed E-state index contributed by atoms with van der Waals surface area (Å²) in [6.45, 7) is 1.35. The van der Waals surface area contributed by atoms with Crippen molar-refractivity contribution in [1.82, 2.24) is 15.0 Å². The first kappa shape index (κ1) is 16.3. The van der Waals surface area contributed by atoms with E-state index in [4.69, 9.17) is 15.3 Å². The molecule has 1 rings (SSSR count). The summed E-state index contributed by atoms with van der Waals surface area (Å²) in [7, 11) is 0. The van der Waals surface area contributed by atoms with Crippen molar-refractivity contribution < 1.29 is 15.3 Å². The first-order valence-corrected chi connectivity index (χ1v) is 5.18. The zero-order valence-corrected chi connectivity index (χ0v) is 9.89. The van der Waals surface area contributed by atoms with Gasteiger partial charge in [-0.05, 0) is 6.42 Å². The van der Waals surface area contributed by atoms with E-state index in [-0.39, 0.29) is 19.8 Å². The SMILES string of the molecule is CCC(CO)(CO)CO.O=c1[nH]c(=O)[nH]c(=O)[nH]1. The van der Waals surface area contributed by atoms with Crippen LogP contribution in [0.5, 0.6) is 0 Å².